The summed E-state index contributed by atoms with van der Waals surface area (Å²) in [4.78, 5) is 11.1. The van der Waals surface area contributed by atoms with Gasteiger partial charge in [-0.05, 0) is 0 Å². The molecule has 0 aliphatic rings. The summed E-state index contributed by atoms with van der Waals surface area (Å²) >= 11 is 0. The molecule has 0 N–H and O–H groups in total. The minimum absolute atomic E-state index is 0.280. The maximum atomic E-state index is 11.1. The summed E-state index contributed by atoms with van der Waals surface area (Å²) in [6.07, 6.45) is 0. The van der Waals surface area contributed by atoms with Crippen molar-refractivity contribution < 1.29 is 9.32 Å². The van der Waals surface area contributed by atoms with E-state index in [0.29, 0.717) is 5.57 Å². The molecular weight excluding hydrogens is 159 g/mol. The molecular formula is C8H17O2P. The Balaban J connectivity index is 4.30. The molecule has 2 nitrogen and oxygen atoms in total. The summed E-state index contributed by atoms with van der Waals surface area (Å²) < 4.78 is 5.28. The van der Waals surface area contributed by atoms with Crippen LogP contribution in [0.5, 0.6) is 0 Å². The second-order valence-corrected chi connectivity index (χ2v) is 11.6. The van der Waals surface area contributed by atoms with Gasteiger partial charge >= 0.3 is 67.9 Å². The fourth-order valence-electron chi connectivity index (χ4n) is 0.410. The van der Waals surface area contributed by atoms with Crippen LogP contribution in [0.1, 0.15) is 6.92 Å². The summed E-state index contributed by atoms with van der Waals surface area (Å²) in [5.41, 5.74) is 0.464. The van der Waals surface area contributed by atoms with Gasteiger partial charge in [-0.3, -0.25) is 0 Å². The van der Waals surface area contributed by atoms with Crippen molar-refractivity contribution in [2.24, 2.45) is 0 Å². The van der Waals surface area contributed by atoms with Crippen LogP contribution in [0.15, 0.2) is 12.2 Å². The van der Waals surface area contributed by atoms with Gasteiger partial charge in [0.2, 0.25) is 0 Å². The van der Waals surface area contributed by atoms with Crippen molar-refractivity contribution in [3.8, 4) is 0 Å². The van der Waals surface area contributed by atoms with E-state index in [1.54, 1.807) is 6.92 Å². The molecule has 0 amide bonds. The van der Waals surface area contributed by atoms with E-state index in [9.17, 15) is 4.79 Å². The van der Waals surface area contributed by atoms with E-state index < -0.39 is 6.83 Å². The van der Waals surface area contributed by atoms with Crippen LogP contribution in [0.3, 0.4) is 0 Å². The minimum atomic E-state index is -2.15. The second-order valence-electron chi connectivity index (χ2n) is 4.57. The summed E-state index contributed by atoms with van der Waals surface area (Å²) in [5.74, 6) is -0.280. The average molecular weight is 176 g/mol. The maximum absolute atomic E-state index is 11.1. The van der Waals surface area contributed by atoms with Crippen LogP contribution >= 0.6 is 6.83 Å². The molecule has 3 heteroatoms. The Morgan fingerprint density at radius 2 is 1.64 bits per heavy atom. The van der Waals surface area contributed by atoms with Gasteiger partial charge in [-0.25, -0.2) is 0 Å². The number of carbonyl (C=O) groups excluding carboxylic acids is 1. The zero-order valence-corrected chi connectivity index (χ0v) is 8.87. The predicted octanol–water partition coefficient (Wildman–Crippen LogP) is 2.09. The van der Waals surface area contributed by atoms with Gasteiger partial charge in [0.25, 0.3) is 0 Å². The molecule has 0 rings (SSSR count). The molecule has 0 spiro atoms. The first-order chi connectivity index (χ1) is 4.58. The van der Waals surface area contributed by atoms with Crippen molar-refractivity contribution in [3.63, 3.8) is 0 Å². The molecule has 0 unspecified atom stereocenters. The van der Waals surface area contributed by atoms with E-state index in [4.69, 9.17) is 4.52 Å². The van der Waals surface area contributed by atoms with Gasteiger partial charge in [0.15, 0.2) is 0 Å². The summed E-state index contributed by atoms with van der Waals surface area (Å²) in [6, 6.07) is 0. The van der Waals surface area contributed by atoms with Crippen LogP contribution in [-0.2, 0) is 9.32 Å². The molecule has 0 aromatic rings. The van der Waals surface area contributed by atoms with Crippen LogP contribution < -0.4 is 0 Å². The first-order valence-electron chi connectivity index (χ1n) is 3.48. The Labute approximate surface area is 68.6 Å². The molecule has 0 bridgehead atoms. The van der Waals surface area contributed by atoms with Gasteiger partial charge in [0, 0.05) is 0 Å². The van der Waals surface area contributed by atoms with Crippen molar-refractivity contribution in [2.75, 3.05) is 26.7 Å². The number of rotatable bonds is 2. The van der Waals surface area contributed by atoms with E-state index in [2.05, 4.69) is 6.58 Å². The predicted molar refractivity (Wildman–Crippen MR) is 51.5 cm³/mol. The summed E-state index contributed by atoms with van der Waals surface area (Å²) in [7, 11) is 0. The third kappa shape index (κ3) is 6.05. The second kappa shape index (κ2) is 2.60. The Kier molecular flexibility index (Phi) is 2.51. The third-order valence-electron chi connectivity index (χ3n) is 0.797. The zero-order valence-electron chi connectivity index (χ0n) is 7.97. The monoisotopic (exact) mass is 176 g/mol. The van der Waals surface area contributed by atoms with Crippen LogP contribution in [0, 0.1) is 0 Å². The molecule has 0 heterocycles. The van der Waals surface area contributed by atoms with Gasteiger partial charge in [0.1, 0.15) is 0 Å². The van der Waals surface area contributed by atoms with Crippen molar-refractivity contribution in [1.29, 1.82) is 0 Å². The van der Waals surface area contributed by atoms with Crippen LogP contribution in [-0.4, -0.2) is 32.6 Å². The Hall–Kier alpha value is -0.360. The fraction of sp³-hybridized carbons (Fsp3) is 0.625. The summed E-state index contributed by atoms with van der Waals surface area (Å²) in [6.45, 7) is 10.9. The summed E-state index contributed by atoms with van der Waals surface area (Å²) in [5, 5.41) is 0. The Morgan fingerprint density at radius 1 is 1.27 bits per heavy atom. The van der Waals surface area contributed by atoms with Crippen LogP contribution in [0.25, 0.3) is 0 Å². The molecule has 0 aliphatic heterocycles. The zero-order chi connectivity index (χ0) is 9.31. The van der Waals surface area contributed by atoms with E-state index in [1.807, 2.05) is 26.7 Å². The molecule has 0 saturated carbocycles. The molecule has 0 fully saturated rings. The standard InChI is InChI=1S/C8H17O2P/c1-7(2)8(9)10-11(3,4,5)6/h1H2,2-6H3. The average Bonchev–Trinajstić information content (AvgIpc) is 1.57. The molecule has 66 valence electrons. The third-order valence-corrected chi connectivity index (χ3v) is 1.69. The molecule has 0 atom stereocenters. The van der Waals surface area contributed by atoms with Crippen molar-refractivity contribution >= 4 is 12.8 Å². The van der Waals surface area contributed by atoms with Gasteiger partial charge in [-0.2, -0.15) is 0 Å². The first-order valence-corrected chi connectivity index (χ1v) is 7.43. The van der Waals surface area contributed by atoms with Crippen molar-refractivity contribution in [1.82, 2.24) is 0 Å². The fourth-order valence-corrected chi connectivity index (χ4v) is 1.23. The first kappa shape index (κ1) is 10.6. The molecule has 0 aromatic heterocycles. The Morgan fingerprint density at radius 3 is 1.73 bits per heavy atom. The number of hydrogen-bond donors (Lipinski definition) is 0. The van der Waals surface area contributed by atoms with Gasteiger partial charge < -0.3 is 0 Å². The quantitative estimate of drug-likeness (QED) is 0.475. The van der Waals surface area contributed by atoms with Crippen LogP contribution in [0.2, 0.25) is 0 Å². The molecule has 0 saturated heterocycles. The van der Waals surface area contributed by atoms with E-state index >= 15 is 0 Å². The molecule has 0 radical (unpaired) electrons. The van der Waals surface area contributed by atoms with Gasteiger partial charge in [-0.1, -0.05) is 0 Å². The van der Waals surface area contributed by atoms with Crippen molar-refractivity contribution in [3.05, 3.63) is 12.2 Å². The Bertz CT molecular complexity index is 189. The van der Waals surface area contributed by atoms with Crippen molar-refractivity contribution in [2.45, 2.75) is 6.92 Å². The molecule has 0 aliphatic carbocycles. The van der Waals surface area contributed by atoms with E-state index in [0.717, 1.165) is 0 Å². The van der Waals surface area contributed by atoms with Gasteiger partial charge in [-0.15, -0.1) is 0 Å². The number of hydrogen-bond acceptors (Lipinski definition) is 2. The van der Waals surface area contributed by atoms with E-state index in [1.165, 1.54) is 0 Å². The number of carbonyl (C=O) groups is 1. The molecule has 0 aromatic carbocycles. The molecule has 11 heavy (non-hydrogen) atoms. The van der Waals surface area contributed by atoms with E-state index in [-0.39, 0.29) is 5.97 Å². The normalized spacial score (nSPS) is 14.8. The van der Waals surface area contributed by atoms with Crippen LogP contribution in [0.4, 0.5) is 0 Å². The topological polar surface area (TPSA) is 26.3 Å². The SMILES string of the molecule is C=C(C)C(=O)OP(C)(C)(C)C. The van der Waals surface area contributed by atoms with Gasteiger partial charge in [0.05, 0.1) is 0 Å².